The van der Waals surface area contributed by atoms with Crippen LogP contribution in [0.4, 0.5) is 14.4 Å². The number of ether oxygens (including phenoxy) is 3. The van der Waals surface area contributed by atoms with E-state index >= 15 is 0 Å². The van der Waals surface area contributed by atoms with E-state index < -0.39 is 35.5 Å². The first-order chi connectivity index (χ1) is 19.6. The summed E-state index contributed by atoms with van der Waals surface area (Å²) in [6.07, 6.45) is 3.30. The van der Waals surface area contributed by atoms with E-state index in [-0.39, 0.29) is 18.5 Å². The van der Waals surface area contributed by atoms with Crippen LogP contribution in [0.1, 0.15) is 92.6 Å². The molecule has 236 valence electrons. The number of carbonyl (C=O) groups is 4. The van der Waals surface area contributed by atoms with Crippen molar-refractivity contribution in [3.8, 4) is 0 Å². The summed E-state index contributed by atoms with van der Waals surface area (Å²) in [5.74, 6) is -0.289. The Morgan fingerprint density at radius 2 is 1.29 bits per heavy atom. The van der Waals surface area contributed by atoms with E-state index in [1.165, 1.54) is 0 Å². The Balaban J connectivity index is 2.25. The molecule has 1 rings (SSSR count). The largest absolute Gasteiger partial charge is 0.445 e. The highest BCUT2D eigenvalue weighted by Crippen LogP contribution is 2.09. The number of hydrogen-bond acceptors (Lipinski definition) is 8. The van der Waals surface area contributed by atoms with E-state index in [2.05, 4.69) is 26.3 Å². The third-order valence-corrected chi connectivity index (χ3v) is 5.33. The summed E-state index contributed by atoms with van der Waals surface area (Å²) in [5.41, 5.74) is -0.529. The highest BCUT2D eigenvalue weighted by atomic mass is 16.6. The van der Waals surface area contributed by atoms with Crippen molar-refractivity contribution in [2.75, 3.05) is 13.1 Å². The molecule has 0 saturated carbocycles. The highest BCUT2D eigenvalue weighted by molar-refractivity contribution is 6.01. The number of guanidine groups is 1. The van der Waals surface area contributed by atoms with Crippen molar-refractivity contribution in [3.05, 3.63) is 35.9 Å². The van der Waals surface area contributed by atoms with Crippen LogP contribution in [0.3, 0.4) is 0 Å². The smallest absolute Gasteiger partial charge is 0.414 e. The molecule has 12 heteroatoms. The third kappa shape index (κ3) is 19.3. The lowest BCUT2D eigenvalue weighted by atomic mass is 10.1. The summed E-state index contributed by atoms with van der Waals surface area (Å²) >= 11 is 0. The number of rotatable bonds is 13. The van der Waals surface area contributed by atoms with Crippen LogP contribution in [-0.2, 0) is 25.6 Å². The summed E-state index contributed by atoms with van der Waals surface area (Å²) in [4.78, 5) is 52.7. The number of benzene rings is 1. The second-order valence-corrected chi connectivity index (χ2v) is 11.8. The molecular formula is C30H49N5O7. The fourth-order valence-corrected chi connectivity index (χ4v) is 3.42. The summed E-state index contributed by atoms with van der Waals surface area (Å²) in [6.45, 7) is 13.1. The lowest BCUT2D eigenvalue weighted by Crippen LogP contribution is -2.47. The topological polar surface area (TPSA) is 156 Å². The monoisotopic (exact) mass is 591 g/mol. The molecule has 12 nitrogen and oxygen atoms in total. The first kappa shape index (κ1) is 36.2. The number of nitrogens with one attached hydrogen (secondary N) is 4. The van der Waals surface area contributed by atoms with Gasteiger partial charge in [-0.05, 0) is 66.9 Å². The van der Waals surface area contributed by atoms with Crippen LogP contribution in [0.2, 0.25) is 0 Å². The molecule has 0 radical (unpaired) electrons. The molecule has 1 aromatic carbocycles. The van der Waals surface area contributed by atoms with Gasteiger partial charge in [0.15, 0.2) is 0 Å². The van der Waals surface area contributed by atoms with Crippen LogP contribution in [0.5, 0.6) is 0 Å². The van der Waals surface area contributed by atoms with E-state index in [1.807, 2.05) is 30.3 Å². The number of amides is 4. The maximum atomic E-state index is 12.2. The summed E-state index contributed by atoms with van der Waals surface area (Å²) in [6, 6.07) is 8.61. The average molecular weight is 592 g/mol. The maximum absolute atomic E-state index is 12.2. The van der Waals surface area contributed by atoms with E-state index in [4.69, 9.17) is 14.2 Å². The molecule has 1 aromatic rings. The zero-order chi connectivity index (χ0) is 31.6. The average Bonchev–Trinajstić information content (AvgIpc) is 2.86. The first-order valence-corrected chi connectivity index (χ1v) is 14.4. The lowest BCUT2D eigenvalue weighted by Gasteiger charge is -2.22. The Morgan fingerprint density at radius 3 is 1.83 bits per heavy atom. The van der Waals surface area contributed by atoms with Crippen LogP contribution in [0, 0.1) is 0 Å². The number of hydrogen-bond donors (Lipinski definition) is 4. The quantitative estimate of drug-likeness (QED) is 0.107. The standard InChI is InChI=1S/C30H49N5O7/c1-22(33-26(37)40-21-23-17-13-12-14-18-23)24(36)31-19-15-10-8-9-11-16-20-32-25(34-27(38)41-29(2,3)4)35-28(39)42-30(5,6)7/h12-14,17-18,22H,8-11,15-16,19-21H2,1-7H3,(H,31,36)(H,33,37)(H2,32,34,35,38,39)/t22-/m0/s1. The Hall–Kier alpha value is -3.83. The molecule has 0 heterocycles. The molecule has 1 atom stereocenters. The van der Waals surface area contributed by atoms with Gasteiger partial charge in [0.1, 0.15) is 23.9 Å². The molecule has 0 aliphatic rings. The number of unbranched alkanes of at least 4 members (excludes halogenated alkanes) is 5. The van der Waals surface area contributed by atoms with Gasteiger partial charge < -0.3 is 24.8 Å². The molecule has 0 aliphatic carbocycles. The fourth-order valence-electron chi connectivity index (χ4n) is 3.42. The van der Waals surface area contributed by atoms with Gasteiger partial charge in [0.25, 0.3) is 0 Å². The number of carbonyl (C=O) groups excluding carboxylic acids is 4. The second kappa shape index (κ2) is 18.6. The summed E-state index contributed by atoms with van der Waals surface area (Å²) in [5, 5.41) is 10.3. The molecule has 0 fully saturated rings. The van der Waals surface area contributed by atoms with Crippen molar-refractivity contribution >= 4 is 30.1 Å². The van der Waals surface area contributed by atoms with Gasteiger partial charge in [0, 0.05) is 13.1 Å². The van der Waals surface area contributed by atoms with E-state index in [0.717, 1.165) is 44.1 Å². The van der Waals surface area contributed by atoms with Crippen LogP contribution in [-0.4, -0.2) is 60.5 Å². The van der Waals surface area contributed by atoms with Crippen LogP contribution < -0.4 is 21.3 Å². The van der Waals surface area contributed by atoms with Crippen molar-refractivity contribution < 1.29 is 33.4 Å². The van der Waals surface area contributed by atoms with Crippen molar-refractivity contribution in [2.45, 2.75) is 111 Å². The Labute approximate surface area is 249 Å². The van der Waals surface area contributed by atoms with Gasteiger partial charge in [0.05, 0.1) is 0 Å². The van der Waals surface area contributed by atoms with Gasteiger partial charge in [-0.3, -0.25) is 20.4 Å². The zero-order valence-electron chi connectivity index (χ0n) is 26.1. The minimum Gasteiger partial charge on any atom is -0.445 e. The van der Waals surface area contributed by atoms with Crippen LogP contribution >= 0.6 is 0 Å². The predicted octanol–water partition coefficient (Wildman–Crippen LogP) is 5.16. The summed E-state index contributed by atoms with van der Waals surface area (Å²) in [7, 11) is 0. The van der Waals surface area contributed by atoms with Crippen LogP contribution in [0.15, 0.2) is 35.3 Å². The second-order valence-electron chi connectivity index (χ2n) is 11.8. The fraction of sp³-hybridized carbons (Fsp3) is 0.633. The van der Waals surface area contributed by atoms with Gasteiger partial charge in [-0.25, -0.2) is 14.4 Å². The zero-order valence-corrected chi connectivity index (χ0v) is 26.1. The maximum Gasteiger partial charge on any atom is 0.414 e. The number of aliphatic imine (C=N–C) groups is 1. The molecule has 0 spiro atoms. The highest BCUT2D eigenvalue weighted by Gasteiger charge is 2.21. The van der Waals surface area contributed by atoms with Crippen molar-refractivity contribution in [1.29, 1.82) is 0 Å². The van der Waals surface area contributed by atoms with Crippen molar-refractivity contribution in [3.63, 3.8) is 0 Å². The molecule has 4 N–H and O–H groups in total. The SMILES string of the molecule is C[C@H](NC(=O)OCc1ccccc1)C(=O)NCCCCCCCCN=C(NC(=O)OC(C)(C)C)NC(=O)OC(C)(C)C. The molecule has 0 aromatic heterocycles. The molecule has 0 aliphatic heterocycles. The third-order valence-electron chi connectivity index (χ3n) is 5.33. The molecular weight excluding hydrogens is 542 g/mol. The summed E-state index contributed by atoms with van der Waals surface area (Å²) < 4.78 is 15.6. The van der Waals surface area contributed by atoms with Gasteiger partial charge >= 0.3 is 18.3 Å². The van der Waals surface area contributed by atoms with Crippen molar-refractivity contribution in [1.82, 2.24) is 21.3 Å². The normalized spacial score (nSPS) is 11.9. The number of nitrogens with zero attached hydrogens (tertiary/aromatic N) is 1. The molecule has 4 amide bonds. The minimum atomic E-state index is -0.724. The molecule has 42 heavy (non-hydrogen) atoms. The predicted molar refractivity (Wildman–Crippen MR) is 161 cm³/mol. The number of alkyl carbamates (subject to hydrolysis) is 3. The Bertz CT molecular complexity index is 985. The van der Waals surface area contributed by atoms with Gasteiger partial charge in [-0.15, -0.1) is 0 Å². The van der Waals surface area contributed by atoms with Crippen LogP contribution in [0.25, 0.3) is 0 Å². The minimum absolute atomic E-state index is 0.0255. The lowest BCUT2D eigenvalue weighted by molar-refractivity contribution is -0.122. The molecule has 0 unspecified atom stereocenters. The van der Waals surface area contributed by atoms with Gasteiger partial charge in [-0.1, -0.05) is 56.0 Å². The van der Waals surface area contributed by atoms with Crippen molar-refractivity contribution in [2.24, 2.45) is 4.99 Å². The Kier molecular flexibility index (Phi) is 16.0. The van der Waals surface area contributed by atoms with E-state index in [9.17, 15) is 19.2 Å². The first-order valence-electron chi connectivity index (χ1n) is 14.4. The molecule has 0 bridgehead atoms. The molecule has 0 saturated heterocycles. The Morgan fingerprint density at radius 1 is 0.762 bits per heavy atom. The van der Waals surface area contributed by atoms with E-state index in [0.29, 0.717) is 13.1 Å². The van der Waals surface area contributed by atoms with E-state index in [1.54, 1.807) is 48.5 Å². The van der Waals surface area contributed by atoms with Gasteiger partial charge in [-0.2, -0.15) is 0 Å². The van der Waals surface area contributed by atoms with Gasteiger partial charge in [0.2, 0.25) is 11.9 Å².